The van der Waals surface area contributed by atoms with Crippen LogP contribution in [0.5, 0.6) is 0 Å². The highest BCUT2D eigenvalue weighted by atomic mass is 127. The second-order valence-corrected chi connectivity index (χ2v) is 5.56. The third kappa shape index (κ3) is 1.25. The van der Waals surface area contributed by atoms with E-state index in [1.165, 1.54) is 11.3 Å². The van der Waals surface area contributed by atoms with Crippen LogP contribution in [0.3, 0.4) is 0 Å². The molecule has 0 spiro atoms. The van der Waals surface area contributed by atoms with Gasteiger partial charge in [-0.05, 0) is 11.6 Å². The van der Waals surface area contributed by atoms with Crippen molar-refractivity contribution in [3.05, 3.63) is 29.8 Å². The van der Waals surface area contributed by atoms with Gasteiger partial charge in [0.15, 0.2) is 0 Å². The third-order valence-electron chi connectivity index (χ3n) is 2.23. The first-order valence-corrected chi connectivity index (χ1v) is 6.31. The van der Waals surface area contributed by atoms with Gasteiger partial charge in [-0.3, -0.25) is 0 Å². The molecule has 1 aromatic rings. The van der Waals surface area contributed by atoms with Gasteiger partial charge < -0.3 is 4.90 Å². The van der Waals surface area contributed by atoms with Gasteiger partial charge >= 0.3 is 0 Å². The van der Waals surface area contributed by atoms with Crippen LogP contribution < -0.4 is 4.90 Å². The minimum absolute atomic E-state index is 0.598. The number of likely N-dealkylation sites (N-methyl/N-ethyl adjacent to an activating group) is 1. The molecule has 12 heavy (non-hydrogen) atoms. The summed E-state index contributed by atoms with van der Waals surface area (Å²) < 4.78 is 1.23. The van der Waals surface area contributed by atoms with Crippen LogP contribution in [0.15, 0.2) is 24.3 Å². The van der Waals surface area contributed by atoms with Crippen LogP contribution in [0.1, 0.15) is 9.49 Å². The molecule has 1 unspecified atom stereocenters. The second-order valence-electron chi connectivity index (χ2n) is 2.94. The first-order valence-electron chi connectivity index (χ1n) is 3.81. The minimum Gasteiger partial charge on any atom is -0.361 e. The standard InChI is InChI=1S/C9H9I2N/c1-12-7-5-3-2-4-6(7)8(10)9(12)11/h2-5,8-9H,1H3/t8-,9?/m0/s1. The van der Waals surface area contributed by atoms with E-state index in [0.717, 1.165) is 0 Å². The fourth-order valence-electron chi connectivity index (χ4n) is 1.52. The summed E-state index contributed by atoms with van der Waals surface area (Å²) in [5.74, 6) is 0. The zero-order valence-corrected chi connectivity index (χ0v) is 11.0. The molecule has 3 heteroatoms. The minimum atomic E-state index is 0.598. The van der Waals surface area contributed by atoms with E-state index in [9.17, 15) is 0 Å². The van der Waals surface area contributed by atoms with Crippen LogP contribution in [0.25, 0.3) is 0 Å². The smallest absolute Gasteiger partial charge is 0.0964 e. The van der Waals surface area contributed by atoms with Gasteiger partial charge in [-0.1, -0.05) is 63.4 Å². The molecule has 0 aromatic heterocycles. The summed E-state index contributed by atoms with van der Waals surface area (Å²) in [6, 6.07) is 8.64. The Labute approximate surface area is 99.8 Å². The van der Waals surface area contributed by atoms with Crippen molar-refractivity contribution in [3.8, 4) is 0 Å². The van der Waals surface area contributed by atoms with E-state index in [2.05, 4.69) is 81.4 Å². The van der Waals surface area contributed by atoms with E-state index >= 15 is 0 Å². The van der Waals surface area contributed by atoms with Crippen molar-refractivity contribution in [2.24, 2.45) is 0 Å². The molecule has 0 saturated heterocycles. The maximum atomic E-state index is 2.52. The molecule has 2 atom stereocenters. The van der Waals surface area contributed by atoms with Crippen molar-refractivity contribution in [2.75, 3.05) is 11.9 Å². The van der Waals surface area contributed by atoms with Crippen LogP contribution in [0.4, 0.5) is 5.69 Å². The summed E-state index contributed by atoms with van der Waals surface area (Å²) in [5.41, 5.74) is 2.86. The lowest BCUT2D eigenvalue weighted by Gasteiger charge is -2.17. The number of benzene rings is 1. The highest BCUT2D eigenvalue weighted by molar-refractivity contribution is 14.1. The van der Waals surface area contributed by atoms with Gasteiger partial charge in [0.05, 0.1) is 7.97 Å². The van der Waals surface area contributed by atoms with Gasteiger partial charge in [-0.25, -0.2) is 0 Å². The molecule has 0 fully saturated rings. The molecule has 0 aliphatic carbocycles. The first kappa shape index (κ1) is 9.05. The fourth-order valence-corrected chi connectivity index (χ4v) is 3.22. The molecule has 1 aromatic carbocycles. The number of anilines is 1. The van der Waals surface area contributed by atoms with Gasteiger partial charge in [-0.2, -0.15) is 0 Å². The quantitative estimate of drug-likeness (QED) is 0.376. The number of alkyl halides is 2. The predicted molar refractivity (Wildman–Crippen MR) is 69.4 cm³/mol. The molecular formula is C9H9I2N. The Balaban J connectivity index is 2.52. The summed E-state index contributed by atoms with van der Waals surface area (Å²) in [7, 11) is 2.16. The Hall–Kier alpha value is 0.480. The highest BCUT2D eigenvalue weighted by Gasteiger charge is 2.31. The largest absolute Gasteiger partial charge is 0.361 e. The summed E-state index contributed by atoms with van der Waals surface area (Å²) in [4.78, 5) is 2.34. The summed E-state index contributed by atoms with van der Waals surface area (Å²) in [6.07, 6.45) is 0. The summed E-state index contributed by atoms with van der Waals surface area (Å²) >= 11 is 5.01. The molecule has 0 radical (unpaired) electrons. The SMILES string of the molecule is CN1c2ccccc2[C@H](I)C1I. The van der Waals surface area contributed by atoms with Gasteiger partial charge in [0, 0.05) is 12.7 Å². The number of rotatable bonds is 0. The number of halogens is 2. The van der Waals surface area contributed by atoms with E-state index in [0.29, 0.717) is 7.97 Å². The van der Waals surface area contributed by atoms with E-state index in [1.54, 1.807) is 0 Å². The Kier molecular flexibility index (Phi) is 2.51. The molecule has 0 bridgehead atoms. The molecule has 2 rings (SSSR count). The normalized spacial score (nSPS) is 27.4. The monoisotopic (exact) mass is 385 g/mol. The third-order valence-corrected chi connectivity index (χ3v) is 6.51. The second kappa shape index (κ2) is 3.32. The topological polar surface area (TPSA) is 3.24 Å². The first-order chi connectivity index (χ1) is 5.72. The van der Waals surface area contributed by atoms with Gasteiger partial charge in [0.1, 0.15) is 0 Å². The Morgan fingerprint density at radius 3 is 2.58 bits per heavy atom. The van der Waals surface area contributed by atoms with Gasteiger partial charge in [-0.15, -0.1) is 0 Å². The lowest BCUT2D eigenvalue weighted by atomic mass is 10.2. The van der Waals surface area contributed by atoms with Crippen molar-refractivity contribution in [3.63, 3.8) is 0 Å². The zero-order valence-electron chi connectivity index (χ0n) is 6.67. The molecule has 1 aliphatic rings. The molecule has 64 valence electrons. The molecule has 0 saturated carbocycles. The Bertz CT molecular complexity index is 271. The van der Waals surface area contributed by atoms with E-state index in [-0.39, 0.29) is 0 Å². The maximum absolute atomic E-state index is 2.52. The molecule has 1 nitrogen and oxygen atoms in total. The average Bonchev–Trinajstić information content (AvgIpc) is 2.33. The lowest BCUT2D eigenvalue weighted by Crippen LogP contribution is -2.21. The fraction of sp³-hybridized carbons (Fsp3) is 0.333. The van der Waals surface area contributed by atoms with E-state index in [1.807, 2.05) is 0 Å². The Morgan fingerprint density at radius 2 is 1.92 bits per heavy atom. The number of para-hydroxylation sites is 1. The number of hydrogen-bond acceptors (Lipinski definition) is 1. The number of nitrogens with zero attached hydrogens (tertiary/aromatic N) is 1. The van der Waals surface area contributed by atoms with Crippen molar-refractivity contribution in [1.82, 2.24) is 0 Å². The molecule has 1 aliphatic heterocycles. The van der Waals surface area contributed by atoms with E-state index in [4.69, 9.17) is 0 Å². The molecule has 0 N–H and O–H groups in total. The van der Waals surface area contributed by atoms with Gasteiger partial charge in [0.25, 0.3) is 0 Å². The van der Waals surface area contributed by atoms with Crippen LogP contribution in [0.2, 0.25) is 0 Å². The summed E-state index contributed by atoms with van der Waals surface area (Å²) in [5, 5.41) is 0. The van der Waals surface area contributed by atoms with Crippen molar-refractivity contribution >= 4 is 50.9 Å². The molecule has 0 amide bonds. The van der Waals surface area contributed by atoms with Crippen LogP contribution in [0, 0.1) is 0 Å². The highest BCUT2D eigenvalue weighted by Crippen LogP contribution is 2.46. The average molecular weight is 385 g/mol. The zero-order chi connectivity index (χ0) is 8.72. The Morgan fingerprint density at radius 1 is 1.25 bits per heavy atom. The van der Waals surface area contributed by atoms with Crippen LogP contribution in [-0.2, 0) is 0 Å². The van der Waals surface area contributed by atoms with Crippen LogP contribution >= 0.6 is 45.2 Å². The lowest BCUT2D eigenvalue weighted by molar-refractivity contribution is 0.927. The summed E-state index contributed by atoms with van der Waals surface area (Å²) in [6.45, 7) is 0. The number of hydrogen-bond donors (Lipinski definition) is 0. The van der Waals surface area contributed by atoms with Crippen LogP contribution in [-0.4, -0.2) is 11.1 Å². The molecular weight excluding hydrogens is 376 g/mol. The molecule has 1 heterocycles. The van der Waals surface area contributed by atoms with E-state index < -0.39 is 0 Å². The maximum Gasteiger partial charge on any atom is 0.0964 e. The number of fused-ring (bicyclic) bond motifs is 1. The van der Waals surface area contributed by atoms with Crippen molar-refractivity contribution in [2.45, 2.75) is 7.97 Å². The van der Waals surface area contributed by atoms with Gasteiger partial charge in [0.2, 0.25) is 0 Å². The van der Waals surface area contributed by atoms with Crippen molar-refractivity contribution in [1.29, 1.82) is 0 Å². The predicted octanol–water partition coefficient (Wildman–Crippen LogP) is 3.37. The van der Waals surface area contributed by atoms with Crippen molar-refractivity contribution < 1.29 is 0 Å².